The molecule has 0 bridgehead atoms. The van der Waals surface area contributed by atoms with Crippen molar-refractivity contribution in [1.82, 2.24) is 18.9 Å². The summed E-state index contributed by atoms with van der Waals surface area (Å²) in [6, 6.07) is 5.13. The summed E-state index contributed by atoms with van der Waals surface area (Å²) in [7, 11) is 1.48. The van der Waals surface area contributed by atoms with Crippen LogP contribution in [0.1, 0.15) is 35.7 Å². The summed E-state index contributed by atoms with van der Waals surface area (Å²) < 4.78 is 48.0. The van der Waals surface area contributed by atoms with Gasteiger partial charge in [0.15, 0.2) is 0 Å². The molecule has 0 unspecified atom stereocenters. The van der Waals surface area contributed by atoms with Crippen molar-refractivity contribution in [3.05, 3.63) is 90.0 Å². The molecule has 36 heavy (non-hydrogen) atoms. The fourth-order valence-electron chi connectivity index (χ4n) is 3.74. The van der Waals surface area contributed by atoms with Gasteiger partial charge in [0.25, 0.3) is 0 Å². The second-order valence-electron chi connectivity index (χ2n) is 7.78. The van der Waals surface area contributed by atoms with Crippen LogP contribution in [0.25, 0.3) is 12.2 Å². The Morgan fingerprint density at radius 3 is 2.53 bits per heavy atom. The summed E-state index contributed by atoms with van der Waals surface area (Å²) in [6.07, 6.45) is 1.33. The Morgan fingerprint density at radius 1 is 1.17 bits per heavy atom. The number of methoxy groups -OCH3 is 1. The average Bonchev–Trinajstić information content (AvgIpc) is 3.26. The molecule has 0 N–H and O–H groups in total. The van der Waals surface area contributed by atoms with E-state index in [4.69, 9.17) is 4.74 Å². The second-order valence-corrected chi connectivity index (χ2v) is 7.78. The van der Waals surface area contributed by atoms with Crippen LogP contribution in [0.4, 0.5) is 18.9 Å². The zero-order valence-electron chi connectivity index (χ0n) is 19.6. The van der Waals surface area contributed by atoms with E-state index in [-0.39, 0.29) is 30.9 Å². The van der Waals surface area contributed by atoms with Gasteiger partial charge in [-0.3, -0.25) is 28.7 Å². The average molecular weight is 507 g/mol. The Bertz CT molecular complexity index is 1390. The van der Waals surface area contributed by atoms with E-state index in [1.54, 1.807) is 0 Å². The van der Waals surface area contributed by atoms with E-state index in [0.717, 1.165) is 15.2 Å². The van der Waals surface area contributed by atoms with E-state index in [1.807, 2.05) is 0 Å². The number of benzene rings is 1. The molecule has 10 nitrogen and oxygen atoms in total. The molecule has 0 saturated carbocycles. The van der Waals surface area contributed by atoms with Gasteiger partial charge in [-0.2, -0.15) is 18.3 Å². The number of hydrogen-bond acceptors (Lipinski definition) is 6. The van der Waals surface area contributed by atoms with Gasteiger partial charge in [-0.15, -0.1) is 0 Å². The fraction of sp³-hybridized carbons (Fsp3) is 0.348. The molecule has 0 amide bonds. The molecule has 13 heteroatoms. The zero-order chi connectivity index (χ0) is 26.5. The number of nitro groups is 1. The largest absolute Gasteiger partial charge is 0.416 e. The predicted molar refractivity (Wildman–Crippen MR) is 125 cm³/mol. The highest BCUT2D eigenvalue weighted by Crippen LogP contribution is 2.32. The van der Waals surface area contributed by atoms with Gasteiger partial charge in [0.1, 0.15) is 5.69 Å². The molecule has 0 fully saturated rings. The van der Waals surface area contributed by atoms with Gasteiger partial charge in [-0.1, -0.05) is 18.2 Å². The van der Waals surface area contributed by atoms with Crippen LogP contribution in [0.3, 0.4) is 0 Å². The van der Waals surface area contributed by atoms with Gasteiger partial charge in [-0.25, -0.2) is 4.79 Å². The quantitative estimate of drug-likeness (QED) is 0.236. The first kappa shape index (κ1) is 26.6. The topological polar surface area (TPSA) is 114 Å². The normalized spacial score (nSPS) is 11.9. The number of ether oxygens (including phenoxy) is 1. The third kappa shape index (κ3) is 5.79. The van der Waals surface area contributed by atoms with Gasteiger partial charge < -0.3 is 4.74 Å². The summed E-state index contributed by atoms with van der Waals surface area (Å²) in [5.41, 5.74) is -3.00. The lowest BCUT2D eigenvalue weighted by molar-refractivity contribution is -0.387. The summed E-state index contributed by atoms with van der Waals surface area (Å²) in [6.45, 7) is 1.70. The third-order valence-electron chi connectivity index (χ3n) is 5.41. The molecular weight excluding hydrogens is 483 g/mol. The van der Waals surface area contributed by atoms with E-state index in [9.17, 15) is 32.9 Å². The molecule has 192 valence electrons. The minimum atomic E-state index is -4.52. The third-order valence-corrected chi connectivity index (χ3v) is 5.41. The highest BCUT2D eigenvalue weighted by Gasteiger charge is 2.33. The molecule has 0 atom stereocenters. The Kier molecular flexibility index (Phi) is 8.25. The highest BCUT2D eigenvalue weighted by molar-refractivity contribution is 5.71. The van der Waals surface area contributed by atoms with Crippen LogP contribution in [0.15, 0.2) is 46.2 Å². The summed E-state index contributed by atoms with van der Waals surface area (Å²) >= 11 is 0. The number of hydrogen-bond donors (Lipinski definition) is 0. The van der Waals surface area contributed by atoms with Crippen LogP contribution in [-0.2, 0) is 30.5 Å². The Labute approximate surface area is 203 Å². The van der Waals surface area contributed by atoms with Gasteiger partial charge in [-0.05, 0) is 37.1 Å². The first-order valence-corrected chi connectivity index (χ1v) is 10.9. The van der Waals surface area contributed by atoms with Crippen molar-refractivity contribution in [3.63, 3.8) is 0 Å². The number of aromatic nitrogens is 4. The monoisotopic (exact) mass is 507 g/mol. The van der Waals surface area contributed by atoms with Crippen molar-refractivity contribution in [3.8, 4) is 0 Å². The first-order valence-electron chi connectivity index (χ1n) is 10.9. The number of rotatable bonds is 10. The summed E-state index contributed by atoms with van der Waals surface area (Å²) in [4.78, 5) is 36.4. The lowest BCUT2D eigenvalue weighted by atomic mass is 10.1. The van der Waals surface area contributed by atoms with Crippen LogP contribution >= 0.6 is 0 Å². The van der Waals surface area contributed by atoms with Gasteiger partial charge in [0.05, 0.1) is 23.2 Å². The van der Waals surface area contributed by atoms with E-state index >= 15 is 0 Å². The number of halogens is 3. The van der Waals surface area contributed by atoms with E-state index in [0.29, 0.717) is 18.6 Å². The summed E-state index contributed by atoms with van der Waals surface area (Å²) in [5, 5.41) is 15.8. The highest BCUT2D eigenvalue weighted by atomic mass is 19.4. The van der Waals surface area contributed by atoms with Crippen LogP contribution < -0.4 is 11.2 Å². The number of nitrogens with zero attached hydrogens (tertiary/aromatic N) is 5. The van der Waals surface area contributed by atoms with Crippen molar-refractivity contribution >= 4 is 17.8 Å². The molecule has 0 saturated heterocycles. The van der Waals surface area contributed by atoms with Crippen molar-refractivity contribution in [2.24, 2.45) is 0 Å². The van der Waals surface area contributed by atoms with E-state index < -0.39 is 33.6 Å². The minimum Gasteiger partial charge on any atom is -0.385 e. The van der Waals surface area contributed by atoms with Crippen molar-refractivity contribution in [1.29, 1.82) is 0 Å². The smallest absolute Gasteiger partial charge is 0.385 e. The second kappa shape index (κ2) is 11.2. The van der Waals surface area contributed by atoms with Gasteiger partial charge in [0.2, 0.25) is 0 Å². The molecule has 3 aromatic rings. The van der Waals surface area contributed by atoms with Gasteiger partial charge in [0, 0.05) is 38.6 Å². The Hall–Kier alpha value is -4.00. The molecule has 0 spiro atoms. The Morgan fingerprint density at radius 2 is 1.89 bits per heavy atom. The molecule has 1 aromatic carbocycles. The maximum atomic E-state index is 13.3. The molecule has 0 aliphatic carbocycles. The van der Waals surface area contributed by atoms with Crippen LogP contribution in [0, 0.1) is 10.1 Å². The molecular formula is C23H24F3N5O5. The Balaban J connectivity index is 2.00. The lowest BCUT2D eigenvalue weighted by Gasteiger charge is -2.13. The fourth-order valence-corrected chi connectivity index (χ4v) is 3.74. The van der Waals surface area contributed by atoms with Crippen molar-refractivity contribution in [2.75, 3.05) is 13.7 Å². The van der Waals surface area contributed by atoms with Gasteiger partial charge >= 0.3 is 23.1 Å². The maximum absolute atomic E-state index is 13.3. The van der Waals surface area contributed by atoms with Crippen LogP contribution in [-0.4, -0.2) is 37.6 Å². The van der Waals surface area contributed by atoms with E-state index in [2.05, 4.69) is 5.10 Å². The van der Waals surface area contributed by atoms with Crippen molar-refractivity contribution in [2.45, 2.75) is 39.2 Å². The predicted octanol–water partition coefficient (Wildman–Crippen LogP) is 3.41. The lowest BCUT2D eigenvalue weighted by Crippen LogP contribution is -2.42. The number of alkyl halides is 3. The molecule has 2 aromatic heterocycles. The van der Waals surface area contributed by atoms with Crippen molar-refractivity contribution < 1.29 is 22.8 Å². The molecule has 3 rings (SSSR count). The SMILES string of the molecule is CCn1c(=O)c([N+](=O)[O-])c(C=Cc2cnn(Cc3ccccc3C(F)(F)F)c2)n(CCCOC)c1=O. The van der Waals surface area contributed by atoms with Crippen LogP contribution in [0.5, 0.6) is 0 Å². The molecule has 0 aliphatic heterocycles. The first-order chi connectivity index (χ1) is 17.1. The standard InChI is InChI=1S/C23H24F3N5O5/c1-3-29-21(32)20(31(34)35)19(30(22(29)33)11-6-12-36-2)10-9-16-13-27-28(14-16)15-17-7-4-5-8-18(17)23(24,25)26/h4-5,7-10,13-14H,3,6,11-12,15H2,1-2H3. The summed E-state index contributed by atoms with van der Waals surface area (Å²) in [5.74, 6) is 0. The molecule has 0 aliphatic rings. The molecule has 2 heterocycles. The minimum absolute atomic E-state index is 0.0226. The van der Waals surface area contributed by atoms with E-state index in [1.165, 1.54) is 61.5 Å². The van der Waals surface area contributed by atoms with Crippen LogP contribution in [0.2, 0.25) is 0 Å². The zero-order valence-corrected chi connectivity index (χ0v) is 19.6. The molecule has 0 radical (unpaired) electrons. The maximum Gasteiger partial charge on any atom is 0.416 e.